The van der Waals surface area contributed by atoms with E-state index in [2.05, 4.69) is 4.72 Å². The molecule has 0 radical (unpaired) electrons. The van der Waals surface area contributed by atoms with Crippen LogP contribution in [-0.2, 0) is 16.6 Å². The molecule has 0 aliphatic heterocycles. The Bertz CT molecular complexity index is 654. The lowest BCUT2D eigenvalue weighted by Gasteiger charge is -2.06. The van der Waals surface area contributed by atoms with Crippen molar-refractivity contribution in [2.45, 2.75) is 11.4 Å². The van der Waals surface area contributed by atoms with Crippen LogP contribution in [0.5, 0.6) is 0 Å². The predicted molar refractivity (Wildman–Crippen MR) is 70.9 cm³/mol. The lowest BCUT2D eigenvalue weighted by Crippen LogP contribution is -2.26. The molecule has 1 aromatic carbocycles. The molecule has 5 nitrogen and oxygen atoms in total. The molecule has 0 saturated heterocycles. The van der Waals surface area contributed by atoms with Crippen molar-refractivity contribution in [2.75, 3.05) is 0 Å². The summed E-state index contributed by atoms with van der Waals surface area (Å²) in [5, 5.41) is 11.3. The predicted octanol–water partition coefficient (Wildman–Crippen LogP) is 1.45. The topological polar surface area (TPSA) is 73.1 Å². The van der Waals surface area contributed by atoms with Crippen LogP contribution in [0.4, 0.5) is 0 Å². The number of hydrogen-bond donors (Lipinski definition) is 1. The fraction of sp³-hybridized carbons (Fsp3) is 0.0833. The van der Waals surface area contributed by atoms with Gasteiger partial charge in [0.05, 0.1) is 4.90 Å². The summed E-state index contributed by atoms with van der Waals surface area (Å²) < 4.78 is 27.0. The zero-order valence-electron chi connectivity index (χ0n) is 9.78. The minimum absolute atomic E-state index is 0.117. The quantitative estimate of drug-likeness (QED) is 0.686. The highest BCUT2D eigenvalue weighted by Crippen LogP contribution is 2.14. The minimum atomic E-state index is -3.58. The summed E-state index contributed by atoms with van der Waals surface area (Å²) >= 11 is 5.70. The number of pyridine rings is 1. The van der Waals surface area contributed by atoms with Gasteiger partial charge in [0.2, 0.25) is 10.0 Å². The number of sulfonamides is 1. The van der Waals surface area contributed by atoms with E-state index in [9.17, 15) is 13.6 Å². The number of nitrogens with one attached hydrogen (secondary N) is 1. The normalized spacial score (nSPS) is 11.4. The Morgan fingerprint density at radius 1 is 1.11 bits per heavy atom. The molecule has 0 bridgehead atoms. The largest absolute Gasteiger partial charge is 0.619 e. The smallest absolute Gasteiger partial charge is 0.240 e. The molecule has 2 rings (SSSR count). The van der Waals surface area contributed by atoms with Gasteiger partial charge < -0.3 is 5.21 Å². The van der Waals surface area contributed by atoms with Gasteiger partial charge in [0, 0.05) is 23.7 Å². The second-order valence-corrected chi connectivity index (χ2v) is 6.05. The average Bonchev–Trinajstić information content (AvgIpc) is 2.39. The Balaban J connectivity index is 2.09. The van der Waals surface area contributed by atoms with Gasteiger partial charge in [0.15, 0.2) is 12.4 Å². The van der Waals surface area contributed by atoms with E-state index in [0.717, 1.165) is 0 Å². The lowest BCUT2D eigenvalue weighted by atomic mass is 10.3. The first-order valence-corrected chi connectivity index (χ1v) is 7.26. The number of aromatic nitrogens is 1. The molecule has 100 valence electrons. The van der Waals surface area contributed by atoms with E-state index in [-0.39, 0.29) is 11.4 Å². The van der Waals surface area contributed by atoms with Crippen molar-refractivity contribution in [3.63, 3.8) is 0 Å². The molecular weight excluding hydrogens is 288 g/mol. The van der Waals surface area contributed by atoms with Crippen LogP contribution in [0.1, 0.15) is 5.56 Å². The van der Waals surface area contributed by atoms with Crippen molar-refractivity contribution in [2.24, 2.45) is 0 Å². The SMILES string of the molecule is O=S(=O)(NCc1cc[n+]([O-])cc1)c1ccc(Cl)cc1. The van der Waals surface area contributed by atoms with E-state index in [0.29, 0.717) is 15.3 Å². The van der Waals surface area contributed by atoms with Crippen LogP contribution in [0.3, 0.4) is 0 Å². The highest BCUT2D eigenvalue weighted by molar-refractivity contribution is 7.89. The van der Waals surface area contributed by atoms with E-state index in [1.807, 2.05) is 0 Å². The monoisotopic (exact) mass is 298 g/mol. The van der Waals surface area contributed by atoms with Crippen molar-refractivity contribution < 1.29 is 13.1 Å². The number of benzene rings is 1. The number of nitrogens with zero attached hydrogens (tertiary/aromatic N) is 1. The van der Waals surface area contributed by atoms with Crippen LogP contribution >= 0.6 is 11.6 Å². The van der Waals surface area contributed by atoms with Gasteiger partial charge >= 0.3 is 0 Å². The molecule has 0 aliphatic carbocycles. The van der Waals surface area contributed by atoms with E-state index in [1.54, 1.807) is 12.1 Å². The maximum Gasteiger partial charge on any atom is 0.240 e. The zero-order chi connectivity index (χ0) is 13.9. The molecule has 0 spiro atoms. The molecule has 0 aliphatic rings. The Morgan fingerprint density at radius 2 is 1.68 bits per heavy atom. The van der Waals surface area contributed by atoms with Crippen LogP contribution in [-0.4, -0.2) is 8.42 Å². The highest BCUT2D eigenvalue weighted by atomic mass is 35.5. The second kappa shape index (κ2) is 5.56. The van der Waals surface area contributed by atoms with E-state index in [4.69, 9.17) is 11.6 Å². The Labute approximate surface area is 116 Å². The van der Waals surface area contributed by atoms with Gasteiger partial charge in [-0.2, -0.15) is 4.73 Å². The molecule has 7 heteroatoms. The Kier molecular flexibility index (Phi) is 4.04. The van der Waals surface area contributed by atoms with Crippen molar-refractivity contribution in [3.05, 3.63) is 64.6 Å². The molecule has 0 saturated carbocycles. The molecule has 0 amide bonds. The van der Waals surface area contributed by atoms with Crippen LogP contribution in [0, 0.1) is 5.21 Å². The van der Waals surface area contributed by atoms with E-state index >= 15 is 0 Å². The van der Waals surface area contributed by atoms with E-state index < -0.39 is 10.0 Å². The van der Waals surface area contributed by atoms with Crippen molar-refractivity contribution >= 4 is 21.6 Å². The standard InChI is InChI=1S/C12H11ClN2O3S/c13-11-1-3-12(4-2-11)19(17,18)14-9-10-5-7-15(16)8-6-10/h1-8,14H,9H2. The first kappa shape index (κ1) is 13.8. The highest BCUT2D eigenvalue weighted by Gasteiger charge is 2.13. The maximum absolute atomic E-state index is 12.0. The fourth-order valence-electron chi connectivity index (χ4n) is 1.44. The average molecular weight is 299 g/mol. The van der Waals surface area contributed by atoms with Crippen molar-refractivity contribution in [1.82, 2.24) is 4.72 Å². The minimum Gasteiger partial charge on any atom is -0.619 e. The summed E-state index contributed by atoms with van der Waals surface area (Å²) in [6.45, 7) is 0.117. The Hall–Kier alpha value is -1.63. The number of halogens is 1. The molecule has 0 atom stereocenters. The first-order chi connectivity index (χ1) is 8.97. The van der Waals surface area contributed by atoms with Crippen LogP contribution in [0.15, 0.2) is 53.7 Å². The number of hydrogen-bond acceptors (Lipinski definition) is 3. The lowest BCUT2D eigenvalue weighted by molar-refractivity contribution is -0.605. The van der Waals surface area contributed by atoms with Gasteiger partial charge in [-0.05, 0) is 29.8 Å². The summed E-state index contributed by atoms with van der Waals surface area (Å²) in [7, 11) is -3.58. The second-order valence-electron chi connectivity index (χ2n) is 3.84. The molecule has 0 fully saturated rings. The van der Waals surface area contributed by atoms with Crippen LogP contribution in [0.2, 0.25) is 5.02 Å². The molecule has 1 aromatic heterocycles. The maximum atomic E-state index is 12.0. The third kappa shape index (κ3) is 3.66. The summed E-state index contributed by atoms with van der Waals surface area (Å²) in [5.41, 5.74) is 0.699. The molecule has 0 unspecified atom stereocenters. The first-order valence-electron chi connectivity index (χ1n) is 5.40. The summed E-state index contributed by atoms with van der Waals surface area (Å²) in [5.74, 6) is 0. The van der Waals surface area contributed by atoms with Gasteiger partial charge in [-0.15, -0.1) is 0 Å². The van der Waals surface area contributed by atoms with Gasteiger partial charge in [-0.1, -0.05) is 11.6 Å². The van der Waals surface area contributed by atoms with Gasteiger partial charge in [-0.25, -0.2) is 13.1 Å². The van der Waals surface area contributed by atoms with Gasteiger partial charge in [-0.3, -0.25) is 0 Å². The molecule has 19 heavy (non-hydrogen) atoms. The van der Waals surface area contributed by atoms with Crippen molar-refractivity contribution in [3.8, 4) is 0 Å². The summed E-state index contributed by atoms with van der Waals surface area (Å²) in [6, 6.07) is 9.00. The van der Waals surface area contributed by atoms with Gasteiger partial charge in [0.1, 0.15) is 0 Å². The van der Waals surface area contributed by atoms with Crippen LogP contribution < -0.4 is 9.45 Å². The molecule has 2 aromatic rings. The summed E-state index contributed by atoms with van der Waals surface area (Å²) in [6.07, 6.45) is 2.62. The fourth-order valence-corrected chi connectivity index (χ4v) is 2.58. The third-order valence-corrected chi connectivity index (χ3v) is 4.13. The van der Waals surface area contributed by atoms with Crippen LogP contribution in [0.25, 0.3) is 0 Å². The molecular formula is C12H11ClN2O3S. The molecule has 1 heterocycles. The Morgan fingerprint density at radius 3 is 2.26 bits per heavy atom. The molecule has 1 N–H and O–H groups in total. The van der Waals surface area contributed by atoms with E-state index in [1.165, 1.54) is 36.7 Å². The van der Waals surface area contributed by atoms with Gasteiger partial charge in [0.25, 0.3) is 0 Å². The number of rotatable bonds is 4. The zero-order valence-corrected chi connectivity index (χ0v) is 11.4. The third-order valence-electron chi connectivity index (χ3n) is 2.46. The summed E-state index contributed by atoms with van der Waals surface area (Å²) in [4.78, 5) is 0.145. The van der Waals surface area contributed by atoms with Crippen molar-refractivity contribution in [1.29, 1.82) is 0 Å².